The van der Waals surface area contributed by atoms with E-state index in [1.165, 1.54) is 23.6 Å². The van der Waals surface area contributed by atoms with Crippen molar-refractivity contribution in [3.63, 3.8) is 0 Å². The molecule has 0 fully saturated rings. The van der Waals surface area contributed by atoms with E-state index in [0.29, 0.717) is 0 Å². The lowest BCUT2D eigenvalue weighted by Gasteiger charge is -2.05. The maximum absolute atomic E-state index is 10.9. The standard InChI is InChI=1S/C25H28N2O/c1-21(27-22(2)28)11-7-4-3-5-10-18-26-20-25-16-14-24(15-17-25)19-23-12-8-6-9-13-23/h3-18,26H,19-20H2,1-2H3,(H,27,28)/b5-3+,7-4-,18-10+,21-11+. The number of carbonyl (C=O) groups excluding carboxylic acids is 1. The maximum Gasteiger partial charge on any atom is 0.220 e. The molecule has 2 rings (SSSR count). The molecule has 1 amide bonds. The van der Waals surface area contributed by atoms with Gasteiger partial charge in [0.2, 0.25) is 5.91 Å². The molecule has 3 nitrogen and oxygen atoms in total. The molecular weight excluding hydrogens is 344 g/mol. The van der Waals surface area contributed by atoms with Crippen LogP contribution in [0.3, 0.4) is 0 Å². The van der Waals surface area contributed by atoms with E-state index in [-0.39, 0.29) is 5.91 Å². The first-order valence-corrected chi connectivity index (χ1v) is 9.43. The molecule has 0 bridgehead atoms. The molecule has 0 saturated heterocycles. The van der Waals surface area contributed by atoms with Gasteiger partial charge >= 0.3 is 0 Å². The van der Waals surface area contributed by atoms with Gasteiger partial charge in [-0.05, 0) is 48.4 Å². The Hall–Kier alpha value is -3.33. The fourth-order valence-electron chi connectivity index (χ4n) is 2.62. The van der Waals surface area contributed by atoms with Gasteiger partial charge in [0.25, 0.3) is 0 Å². The lowest BCUT2D eigenvalue weighted by molar-refractivity contribution is -0.118. The van der Waals surface area contributed by atoms with Gasteiger partial charge in [0.15, 0.2) is 0 Å². The van der Waals surface area contributed by atoms with E-state index in [1.54, 1.807) is 0 Å². The number of nitrogens with one attached hydrogen (secondary N) is 2. The van der Waals surface area contributed by atoms with Crippen molar-refractivity contribution in [2.75, 3.05) is 0 Å². The number of hydrogen-bond donors (Lipinski definition) is 2. The van der Waals surface area contributed by atoms with Gasteiger partial charge in [-0.2, -0.15) is 0 Å². The monoisotopic (exact) mass is 372 g/mol. The van der Waals surface area contributed by atoms with Crippen molar-refractivity contribution in [2.24, 2.45) is 0 Å². The summed E-state index contributed by atoms with van der Waals surface area (Å²) in [4.78, 5) is 10.9. The highest BCUT2D eigenvalue weighted by atomic mass is 16.1. The minimum absolute atomic E-state index is 0.0578. The van der Waals surface area contributed by atoms with Gasteiger partial charge in [-0.15, -0.1) is 0 Å². The summed E-state index contributed by atoms with van der Waals surface area (Å²) in [5.74, 6) is -0.0578. The Balaban J connectivity index is 1.69. The first-order valence-electron chi connectivity index (χ1n) is 9.43. The molecule has 0 heterocycles. The van der Waals surface area contributed by atoms with Gasteiger partial charge in [-0.3, -0.25) is 4.79 Å². The van der Waals surface area contributed by atoms with Crippen molar-refractivity contribution < 1.29 is 4.79 Å². The first kappa shape index (κ1) is 21.0. The van der Waals surface area contributed by atoms with Crippen molar-refractivity contribution >= 4 is 5.91 Å². The summed E-state index contributed by atoms with van der Waals surface area (Å²) in [6.45, 7) is 4.15. The van der Waals surface area contributed by atoms with Crippen LogP contribution in [0.15, 0.2) is 103 Å². The van der Waals surface area contributed by atoms with E-state index in [9.17, 15) is 4.79 Å². The Morgan fingerprint density at radius 1 is 0.786 bits per heavy atom. The van der Waals surface area contributed by atoms with Crippen LogP contribution < -0.4 is 10.6 Å². The van der Waals surface area contributed by atoms with E-state index >= 15 is 0 Å². The average Bonchev–Trinajstić information content (AvgIpc) is 2.68. The third-order valence-electron chi connectivity index (χ3n) is 3.96. The smallest absolute Gasteiger partial charge is 0.220 e. The molecule has 0 unspecified atom stereocenters. The highest BCUT2D eigenvalue weighted by Crippen LogP contribution is 2.10. The molecule has 2 N–H and O–H groups in total. The molecule has 0 aliphatic carbocycles. The molecule has 144 valence electrons. The lowest BCUT2D eigenvalue weighted by Crippen LogP contribution is -2.16. The van der Waals surface area contributed by atoms with Crippen molar-refractivity contribution in [1.82, 2.24) is 10.6 Å². The van der Waals surface area contributed by atoms with Crippen molar-refractivity contribution in [3.05, 3.63) is 120 Å². The number of amides is 1. The zero-order chi connectivity index (χ0) is 20.0. The van der Waals surface area contributed by atoms with Crippen LogP contribution in [0, 0.1) is 0 Å². The summed E-state index contributed by atoms with van der Waals surface area (Å²) in [6, 6.07) is 19.2. The molecule has 0 atom stereocenters. The van der Waals surface area contributed by atoms with Crippen LogP contribution in [-0.2, 0) is 17.8 Å². The average molecular weight is 373 g/mol. The van der Waals surface area contributed by atoms with E-state index in [2.05, 4.69) is 59.2 Å². The summed E-state index contributed by atoms with van der Waals surface area (Å²) in [7, 11) is 0. The number of carbonyl (C=O) groups is 1. The quantitative estimate of drug-likeness (QED) is 0.606. The third-order valence-corrected chi connectivity index (χ3v) is 3.96. The molecule has 0 aromatic heterocycles. The van der Waals surface area contributed by atoms with Gasteiger partial charge in [-0.25, -0.2) is 0 Å². The first-order chi connectivity index (χ1) is 13.6. The summed E-state index contributed by atoms with van der Waals surface area (Å²) in [5, 5.41) is 6.00. The molecule has 0 aliphatic heterocycles. The molecule has 0 radical (unpaired) electrons. The Morgan fingerprint density at radius 2 is 1.39 bits per heavy atom. The van der Waals surface area contributed by atoms with E-state index in [4.69, 9.17) is 0 Å². The summed E-state index contributed by atoms with van der Waals surface area (Å²) in [5.41, 5.74) is 4.73. The zero-order valence-corrected chi connectivity index (χ0v) is 16.6. The summed E-state index contributed by atoms with van der Waals surface area (Å²) in [6.07, 6.45) is 14.4. The van der Waals surface area contributed by atoms with Crippen molar-refractivity contribution in [1.29, 1.82) is 0 Å². The number of allylic oxidation sites excluding steroid dienone is 7. The summed E-state index contributed by atoms with van der Waals surface area (Å²) < 4.78 is 0. The molecule has 3 heteroatoms. The SMILES string of the molecule is CC(=O)N/C(C)=C/C=C\C=C\C=C\NCc1ccc(Cc2ccccc2)cc1. The van der Waals surface area contributed by atoms with Gasteiger partial charge in [0, 0.05) is 19.2 Å². The number of benzene rings is 2. The Morgan fingerprint density at radius 3 is 2.11 bits per heavy atom. The maximum atomic E-state index is 10.9. The number of rotatable bonds is 9. The third kappa shape index (κ3) is 8.86. The minimum atomic E-state index is -0.0578. The van der Waals surface area contributed by atoms with Crippen LogP contribution in [0.5, 0.6) is 0 Å². The van der Waals surface area contributed by atoms with Crippen LogP contribution in [0.1, 0.15) is 30.5 Å². The topological polar surface area (TPSA) is 41.1 Å². The highest BCUT2D eigenvalue weighted by molar-refractivity contribution is 5.74. The second-order valence-electron chi connectivity index (χ2n) is 6.52. The second-order valence-corrected chi connectivity index (χ2v) is 6.52. The van der Waals surface area contributed by atoms with Crippen LogP contribution in [-0.4, -0.2) is 5.91 Å². The van der Waals surface area contributed by atoms with Gasteiger partial charge in [0.05, 0.1) is 0 Å². The molecule has 2 aromatic carbocycles. The van der Waals surface area contributed by atoms with Gasteiger partial charge in [0.1, 0.15) is 0 Å². The highest BCUT2D eigenvalue weighted by Gasteiger charge is 1.96. The molecule has 2 aromatic rings. The van der Waals surface area contributed by atoms with Crippen LogP contribution in [0.25, 0.3) is 0 Å². The van der Waals surface area contributed by atoms with Crippen LogP contribution in [0.2, 0.25) is 0 Å². The largest absolute Gasteiger partial charge is 0.387 e. The number of hydrogen-bond acceptors (Lipinski definition) is 2. The lowest BCUT2D eigenvalue weighted by atomic mass is 10.0. The fourth-order valence-corrected chi connectivity index (χ4v) is 2.62. The van der Waals surface area contributed by atoms with E-state index in [0.717, 1.165) is 18.7 Å². The predicted molar refractivity (Wildman–Crippen MR) is 118 cm³/mol. The zero-order valence-electron chi connectivity index (χ0n) is 16.6. The normalized spacial score (nSPS) is 12.1. The van der Waals surface area contributed by atoms with Gasteiger partial charge in [-0.1, -0.05) is 78.9 Å². The molecule has 0 spiro atoms. The van der Waals surface area contributed by atoms with Crippen LogP contribution in [0.4, 0.5) is 0 Å². The van der Waals surface area contributed by atoms with Crippen molar-refractivity contribution in [3.8, 4) is 0 Å². The molecule has 0 aliphatic rings. The predicted octanol–water partition coefficient (Wildman–Crippen LogP) is 5.03. The Labute approximate surface area is 168 Å². The Kier molecular flexibility index (Phi) is 9.09. The second kappa shape index (κ2) is 12.1. The molecule has 28 heavy (non-hydrogen) atoms. The van der Waals surface area contributed by atoms with E-state index in [1.807, 2.05) is 55.6 Å². The van der Waals surface area contributed by atoms with E-state index < -0.39 is 0 Å². The van der Waals surface area contributed by atoms with Gasteiger partial charge < -0.3 is 10.6 Å². The molecular formula is C25H28N2O. The van der Waals surface area contributed by atoms with Crippen molar-refractivity contribution in [2.45, 2.75) is 26.8 Å². The van der Waals surface area contributed by atoms with Crippen LogP contribution >= 0.6 is 0 Å². The Bertz CT molecular complexity index is 844. The summed E-state index contributed by atoms with van der Waals surface area (Å²) >= 11 is 0. The molecule has 0 saturated carbocycles. The minimum Gasteiger partial charge on any atom is -0.387 e. The fraction of sp³-hybridized carbons (Fsp3) is 0.160.